The standard InChI is InChI=1S/C12H14F2N2O/c1-8-9(3-2-4-15-8)7-16-11(17)10-5-12(13,14)6-10/h2-4,10H,5-7H2,1H3,(H,16,17). The van der Waals surface area contributed by atoms with Gasteiger partial charge < -0.3 is 5.32 Å². The van der Waals surface area contributed by atoms with Crippen LogP contribution in [0, 0.1) is 12.8 Å². The predicted molar refractivity (Wildman–Crippen MR) is 58.5 cm³/mol. The zero-order valence-corrected chi connectivity index (χ0v) is 9.54. The van der Waals surface area contributed by atoms with Crippen molar-refractivity contribution in [2.75, 3.05) is 0 Å². The van der Waals surface area contributed by atoms with Crippen LogP contribution in [0.5, 0.6) is 0 Å². The molecule has 1 aromatic rings. The Morgan fingerprint density at radius 1 is 1.59 bits per heavy atom. The lowest BCUT2D eigenvalue weighted by Crippen LogP contribution is -2.44. The number of carbonyl (C=O) groups excluding carboxylic acids is 1. The Labute approximate surface area is 98.2 Å². The number of amides is 1. The van der Waals surface area contributed by atoms with Crippen LogP contribution < -0.4 is 5.32 Å². The van der Waals surface area contributed by atoms with Crippen LogP contribution in [-0.2, 0) is 11.3 Å². The first kappa shape index (κ1) is 12.0. The van der Waals surface area contributed by atoms with Gasteiger partial charge in [-0.25, -0.2) is 8.78 Å². The zero-order valence-electron chi connectivity index (χ0n) is 9.54. The van der Waals surface area contributed by atoms with Gasteiger partial charge in [0.2, 0.25) is 11.8 Å². The molecule has 0 atom stereocenters. The summed E-state index contributed by atoms with van der Waals surface area (Å²) in [6.45, 7) is 2.19. The fraction of sp³-hybridized carbons (Fsp3) is 0.500. The Hall–Kier alpha value is -1.52. The van der Waals surface area contributed by atoms with E-state index in [1.807, 2.05) is 13.0 Å². The van der Waals surface area contributed by atoms with Crippen molar-refractivity contribution in [3.63, 3.8) is 0 Å². The molecule has 1 saturated carbocycles. The lowest BCUT2D eigenvalue weighted by Gasteiger charge is -2.33. The summed E-state index contributed by atoms with van der Waals surface area (Å²) in [5, 5.41) is 2.67. The molecule has 1 aliphatic rings. The van der Waals surface area contributed by atoms with Gasteiger partial charge in [-0.3, -0.25) is 9.78 Å². The highest BCUT2D eigenvalue weighted by Crippen LogP contribution is 2.42. The first-order valence-corrected chi connectivity index (χ1v) is 5.54. The molecule has 1 fully saturated rings. The first-order valence-electron chi connectivity index (χ1n) is 5.54. The summed E-state index contributed by atoms with van der Waals surface area (Å²) in [5.74, 6) is -3.48. The van der Waals surface area contributed by atoms with E-state index in [0.717, 1.165) is 11.3 Å². The Morgan fingerprint density at radius 3 is 2.88 bits per heavy atom. The van der Waals surface area contributed by atoms with Gasteiger partial charge in [0, 0.05) is 37.2 Å². The second-order valence-electron chi connectivity index (χ2n) is 4.43. The number of aryl methyl sites for hydroxylation is 1. The van der Waals surface area contributed by atoms with Crippen molar-refractivity contribution in [2.24, 2.45) is 5.92 Å². The molecule has 1 amide bonds. The number of pyridine rings is 1. The minimum Gasteiger partial charge on any atom is -0.352 e. The summed E-state index contributed by atoms with van der Waals surface area (Å²) >= 11 is 0. The second kappa shape index (κ2) is 4.39. The molecule has 1 N–H and O–H groups in total. The van der Waals surface area contributed by atoms with E-state index in [9.17, 15) is 13.6 Å². The van der Waals surface area contributed by atoms with Crippen LogP contribution in [0.2, 0.25) is 0 Å². The molecule has 0 radical (unpaired) electrons. The number of hydrogen-bond donors (Lipinski definition) is 1. The number of rotatable bonds is 3. The van der Waals surface area contributed by atoms with Gasteiger partial charge in [-0.2, -0.15) is 0 Å². The molecule has 0 unspecified atom stereocenters. The van der Waals surface area contributed by atoms with Gasteiger partial charge in [-0.05, 0) is 18.6 Å². The molecule has 0 aliphatic heterocycles. The molecule has 0 aromatic carbocycles. The predicted octanol–water partition coefficient (Wildman–Crippen LogP) is 2.05. The van der Waals surface area contributed by atoms with Crippen LogP contribution in [0.4, 0.5) is 8.78 Å². The van der Waals surface area contributed by atoms with Gasteiger partial charge >= 0.3 is 0 Å². The van der Waals surface area contributed by atoms with Crippen molar-refractivity contribution in [3.05, 3.63) is 29.6 Å². The molecule has 1 aliphatic carbocycles. The normalized spacial score (nSPS) is 18.5. The molecule has 0 spiro atoms. The smallest absolute Gasteiger partial charge is 0.249 e. The molecule has 5 heteroatoms. The van der Waals surface area contributed by atoms with E-state index in [2.05, 4.69) is 10.3 Å². The molecule has 2 rings (SSSR count). The Morgan fingerprint density at radius 2 is 2.29 bits per heavy atom. The Balaban J connectivity index is 1.83. The van der Waals surface area contributed by atoms with Crippen molar-refractivity contribution in [3.8, 4) is 0 Å². The van der Waals surface area contributed by atoms with E-state index >= 15 is 0 Å². The van der Waals surface area contributed by atoms with E-state index in [1.54, 1.807) is 12.3 Å². The van der Waals surface area contributed by atoms with Crippen molar-refractivity contribution < 1.29 is 13.6 Å². The fourth-order valence-electron chi connectivity index (χ4n) is 1.88. The van der Waals surface area contributed by atoms with Crippen molar-refractivity contribution in [1.29, 1.82) is 0 Å². The average Bonchev–Trinajstić information content (AvgIpc) is 2.24. The van der Waals surface area contributed by atoms with E-state index in [-0.39, 0.29) is 18.7 Å². The lowest BCUT2D eigenvalue weighted by molar-refractivity contribution is -0.150. The van der Waals surface area contributed by atoms with Crippen LogP contribution >= 0.6 is 0 Å². The molecule has 0 bridgehead atoms. The van der Waals surface area contributed by atoms with Crippen LogP contribution in [0.25, 0.3) is 0 Å². The third-order valence-corrected chi connectivity index (χ3v) is 3.03. The molecular weight excluding hydrogens is 226 g/mol. The third kappa shape index (κ3) is 2.78. The van der Waals surface area contributed by atoms with Gasteiger partial charge in [-0.1, -0.05) is 6.07 Å². The SMILES string of the molecule is Cc1ncccc1CNC(=O)C1CC(F)(F)C1. The van der Waals surface area contributed by atoms with E-state index in [1.165, 1.54) is 0 Å². The number of aromatic nitrogens is 1. The molecule has 17 heavy (non-hydrogen) atoms. The summed E-state index contributed by atoms with van der Waals surface area (Å²) in [5.41, 5.74) is 1.75. The molecule has 3 nitrogen and oxygen atoms in total. The molecule has 92 valence electrons. The number of nitrogens with zero attached hydrogens (tertiary/aromatic N) is 1. The minimum absolute atomic E-state index is 0.292. The lowest BCUT2D eigenvalue weighted by atomic mass is 9.81. The summed E-state index contributed by atoms with van der Waals surface area (Å²) in [7, 11) is 0. The number of carbonyl (C=O) groups is 1. The van der Waals surface area contributed by atoms with E-state index in [0.29, 0.717) is 6.54 Å². The van der Waals surface area contributed by atoms with Crippen LogP contribution in [0.3, 0.4) is 0 Å². The van der Waals surface area contributed by atoms with Crippen molar-refractivity contribution in [2.45, 2.75) is 32.2 Å². The maximum absolute atomic E-state index is 12.6. The van der Waals surface area contributed by atoms with Crippen molar-refractivity contribution >= 4 is 5.91 Å². The average molecular weight is 240 g/mol. The monoisotopic (exact) mass is 240 g/mol. The zero-order chi connectivity index (χ0) is 12.5. The van der Waals surface area contributed by atoms with Crippen LogP contribution in [0.1, 0.15) is 24.1 Å². The molecule has 1 aromatic heterocycles. The van der Waals surface area contributed by atoms with Crippen LogP contribution in [0.15, 0.2) is 18.3 Å². The van der Waals surface area contributed by atoms with Gasteiger partial charge in [0.1, 0.15) is 0 Å². The second-order valence-corrected chi connectivity index (χ2v) is 4.43. The van der Waals surface area contributed by atoms with Crippen molar-refractivity contribution in [1.82, 2.24) is 10.3 Å². The Kier molecular flexibility index (Phi) is 3.09. The summed E-state index contributed by atoms with van der Waals surface area (Å²) in [6.07, 6.45) is 1.02. The first-order chi connectivity index (χ1) is 7.98. The molecular formula is C12H14F2N2O. The molecule has 1 heterocycles. The summed E-state index contributed by atoms with van der Waals surface area (Å²) in [4.78, 5) is 15.6. The van der Waals surface area contributed by atoms with Crippen LogP contribution in [-0.4, -0.2) is 16.8 Å². The van der Waals surface area contributed by atoms with Gasteiger partial charge in [0.05, 0.1) is 0 Å². The summed E-state index contributed by atoms with van der Waals surface area (Å²) in [6, 6.07) is 3.64. The highest BCUT2D eigenvalue weighted by molar-refractivity contribution is 5.79. The van der Waals surface area contributed by atoms with Gasteiger partial charge in [-0.15, -0.1) is 0 Å². The number of nitrogens with one attached hydrogen (secondary N) is 1. The van der Waals surface area contributed by atoms with Gasteiger partial charge in [0.25, 0.3) is 0 Å². The Bertz CT molecular complexity index is 426. The highest BCUT2D eigenvalue weighted by Gasteiger charge is 2.48. The minimum atomic E-state index is -2.65. The number of alkyl halides is 2. The quantitative estimate of drug-likeness (QED) is 0.878. The topological polar surface area (TPSA) is 42.0 Å². The number of hydrogen-bond acceptors (Lipinski definition) is 2. The molecule has 0 saturated heterocycles. The maximum Gasteiger partial charge on any atom is 0.249 e. The largest absolute Gasteiger partial charge is 0.352 e. The maximum atomic E-state index is 12.6. The van der Waals surface area contributed by atoms with E-state index in [4.69, 9.17) is 0 Å². The third-order valence-electron chi connectivity index (χ3n) is 3.03. The fourth-order valence-corrected chi connectivity index (χ4v) is 1.88. The van der Waals surface area contributed by atoms with Gasteiger partial charge in [0.15, 0.2) is 0 Å². The summed E-state index contributed by atoms with van der Waals surface area (Å²) < 4.78 is 25.2. The highest BCUT2D eigenvalue weighted by atomic mass is 19.3. The van der Waals surface area contributed by atoms with E-state index < -0.39 is 11.8 Å². The number of halogens is 2.